The van der Waals surface area contributed by atoms with E-state index in [2.05, 4.69) is 31.2 Å². The summed E-state index contributed by atoms with van der Waals surface area (Å²) in [5.41, 5.74) is 4.13. The average Bonchev–Trinajstić information content (AvgIpc) is 3.15. The van der Waals surface area contributed by atoms with Crippen molar-refractivity contribution in [3.63, 3.8) is 0 Å². The monoisotopic (exact) mass is 363 g/mol. The van der Waals surface area contributed by atoms with Crippen molar-refractivity contribution >= 4 is 17.2 Å². The van der Waals surface area contributed by atoms with Gasteiger partial charge in [-0.15, -0.1) is 0 Å². The van der Waals surface area contributed by atoms with Gasteiger partial charge in [-0.25, -0.2) is 10.3 Å². The minimum Gasteiger partial charge on any atom is -0.355 e. The third-order valence-electron chi connectivity index (χ3n) is 4.25. The second-order valence-corrected chi connectivity index (χ2v) is 6.46. The molecule has 2 aromatic carbocycles. The van der Waals surface area contributed by atoms with Crippen LogP contribution < -0.4 is 5.32 Å². The molecule has 0 unspecified atom stereocenters. The molecule has 3 rings (SSSR count). The van der Waals surface area contributed by atoms with Gasteiger partial charge in [0.05, 0.1) is 11.4 Å². The van der Waals surface area contributed by atoms with Crippen LogP contribution in [0, 0.1) is 0 Å². The Kier molecular flexibility index (Phi) is 7.63. The van der Waals surface area contributed by atoms with E-state index in [0.717, 1.165) is 60.6 Å². The maximum Gasteiger partial charge on any atom is 0.146 e. The van der Waals surface area contributed by atoms with Crippen LogP contribution in [-0.2, 0) is 9.47 Å². The van der Waals surface area contributed by atoms with Crippen molar-refractivity contribution in [2.45, 2.75) is 32.6 Å². The van der Waals surface area contributed by atoms with E-state index >= 15 is 0 Å². The van der Waals surface area contributed by atoms with Gasteiger partial charge in [0.25, 0.3) is 0 Å². The molecule has 141 valence electrons. The summed E-state index contributed by atoms with van der Waals surface area (Å²) in [6, 6.07) is 20.5. The second kappa shape index (κ2) is 10.7. The number of hydrogen-bond acceptors (Lipinski definition) is 3. The molecule has 4 nitrogen and oxygen atoms in total. The number of ether oxygens (including phenoxy) is 2. The molecule has 0 saturated carbocycles. The van der Waals surface area contributed by atoms with Crippen LogP contribution in [0.5, 0.6) is 0 Å². The first-order chi connectivity index (χ1) is 13.4. The fourth-order valence-electron chi connectivity index (χ4n) is 2.90. The first kappa shape index (κ1) is 19.3. The van der Waals surface area contributed by atoms with Crippen molar-refractivity contribution in [1.82, 2.24) is 5.32 Å². The summed E-state index contributed by atoms with van der Waals surface area (Å²) in [6.07, 6.45) is 3.85. The van der Waals surface area contributed by atoms with Gasteiger partial charge in [0.1, 0.15) is 12.6 Å². The Labute approximate surface area is 161 Å². The molecule has 0 bridgehead atoms. The SMILES string of the molecule is CCCOCOCCCCC1=NC(c2ccccc2)=C(c2ccccc2)[N]1. The Morgan fingerprint density at radius 1 is 0.741 bits per heavy atom. The number of aliphatic imine (C=N–C) groups is 1. The van der Waals surface area contributed by atoms with Gasteiger partial charge >= 0.3 is 0 Å². The van der Waals surface area contributed by atoms with Gasteiger partial charge in [-0.2, -0.15) is 0 Å². The molecule has 0 N–H and O–H groups in total. The van der Waals surface area contributed by atoms with Crippen LogP contribution in [0.3, 0.4) is 0 Å². The van der Waals surface area contributed by atoms with Gasteiger partial charge in [-0.05, 0) is 19.3 Å². The summed E-state index contributed by atoms with van der Waals surface area (Å²) in [7, 11) is 0. The van der Waals surface area contributed by atoms with Crippen molar-refractivity contribution in [2.75, 3.05) is 20.0 Å². The summed E-state index contributed by atoms with van der Waals surface area (Å²) in [5.74, 6) is 0.898. The van der Waals surface area contributed by atoms with E-state index < -0.39 is 0 Å². The fourth-order valence-corrected chi connectivity index (χ4v) is 2.90. The number of amidine groups is 1. The van der Waals surface area contributed by atoms with Gasteiger partial charge < -0.3 is 9.47 Å². The predicted molar refractivity (Wildman–Crippen MR) is 110 cm³/mol. The average molecular weight is 363 g/mol. The molecule has 0 aromatic heterocycles. The summed E-state index contributed by atoms with van der Waals surface area (Å²) >= 11 is 0. The van der Waals surface area contributed by atoms with Crippen molar-refractivity contribution in [3.05, 3.63) is 71.8 Å². The molecule has 0 saturated heterocycles. The molecule has 1 radical (unpaired) electrons. The summed E-state index contributed by atoms with van der Waals surface area (Å²) in [4.78, 5) is 4.84. The first-order valence-corrected chi connectivity index (χ1v) is 9.68. The third kappa shape index (κ3) is 5.78. The van der Waals surface area contributed by atoms with E-state index in [9.17, 15) is 0 Å². The van der Waals surface area contributed by atoms with Gasteiger partial charge in [0, 0.05) is 30.8 Å². The number of unbranched alkanes of at least 4 members (excludes halogenated alkanes) is 1. The molecule has 0 amide bonds. The Morgan fingerprint density at radius 3 is 2.04 bits per heavy atom. The standard InChI is InChI=1S/C23H27N2O2/c1-2-16-26-18-27-17-10-9-15-21-24-22(19-11-5-3-6-12-19)23(25-21)20-13-7-4-8-14-20/h3-8,11-14H,2,9-10,15-18H2,1H3. The first-order valence-electron chi connectivity index (χ1n) is 9.68. The van der Waals surface area contributed by atoms with Crippen LogP contribution in [0.2, 0.25) is 0 Å². The number of rotatable bonds is 11. The quantitative estimate of drug-likeness (QED) is 0.412. The lowest BCUT2D eigenvalue weighted by molar-refractivity contribution is -0.0542. The molecule has 4 heteroatoms. The number of hydrogen-bond donors (Lipinski definition) is 0. The Morgan fingerprint density at radius 2 is 1.37 bits per heavy atom. The normalized spacial score (nSPS) is 13.6. The summed E-state index contributed by atoms with van der Waals surface area (Å²) in [5, 5.41) is 4.84. The zero-order valence-electron chi connectivity index (χ0n) is 15.9. The van der Waals surface area contributed by atoms with E-state index in [1.165, 1.54) is 0 Å². The van der Waals surface area contributed by atoms with Crippen molar-refractivity contribution in [2.24, 2.45) is 4.99 Å². The second-order valence-electron chi connectivity index (χ2n) is 6.46. The smallest absolute Gasteiger partial charge is 0.146 e. The van der Waals surface area contributed by atoms with E-state index in [-0.39, 0.29) is 0 Å². The Hall–Kier alpha value is -2.43. The van der Waals surface area contributed by atoms with E-state index in [4.69, 9.17) is 19.8 Å². The van der Waals surface area contributed by atoms with Crippen molar-refractivity contribution in [1.29, 1.82) is 0 Å². The van der Waals surface area contributed by atoms with Gasteiger partial charge in [-0.1, -0.05) is 67.6 Å². The molecule has 0 spiro atoms. The predicted octanol–water partition coefficient (Wildman–Crippen LogP) is 5.10. The highest BCUT2D eigenvalue weighted by molar-refractivity contribution is 6.07. The lowest BCUT2D eigenvalue weighted by Gasteiger charge is -2.06. The van der Waals surface area contributed by atoms with Crippen LogP contribution >= 0.6 is 0 Å². The van der Waals surface area contributed by atoms with E-state index in [0.29, 0.717) is 13.4 Å². The summed E-state index contributed by atoms with van der Waals surface area (Å²) in [6.45, 7) is 3.94. The molecule has 0 fully saturated rings. The van der Waals surface area contributed by atoms with E-state index in [1.807, 2.05) is 36.4 Å². The van der Waals surface area contributed by atoms with Gasteiger partial charge in [-0.3, -0.25) is 0 Å². The zero-order chi connectivity index (χ0) is 18.7. The molecule has 1 aliphatic heterocycles. The van der Waals surface area contributed by atoms with Gasteiger partial charge in [0.15, 0.2) is 0 Å². The number of benzene rings is 2. The van der Waals surface area contributed by atoms with Gasteiger partial charge in [0.2, 0.25) is 0 Å². The zero-order valence-corrected chi connectivity index (χ0v) is 15.9. The minimum absolute atomic E-state index is 0.386. The van der Waals surface area contributed by atoms with Crippen molar-refractivity contribution in [3.8, 4) is 0 Å². The molecule has 0 aliphatic carbocycles. The fraction of sp³-hybridized carbons (Fsp3) is 0.348. The lowest BCUT2D eigenvalue weighted by Crippen LogP contribution is -2.10. The molecule has 1 aliphatic rings. The topological polar surface area (TPSA) is 44.9 Å². The van der Waals surface area contributed by atoms with Crippen molar-refractivity contribution < 1.29 is 9.47 Å². The molecular weight excluding hydrogens is 336 g/mol. The highest BCUT2D eigenvalue weighted by atomic mass is 16.7. The lowest BCUT2D eigenvalue weighted by atomic mass is 10.1. The van der Waals surface area contributed by atoms with Crippen LogP contribution in [0.25, 0.3) is 11.4 Å². The maximum absolute atomic E-state index is 5.48. The highest BCUT2D eigenvalue weighted by Gasteiger charge is 2.21. The molecule has 27 heavy (non-hydrogen) atoms. The van der Waals surface area contributed by atoms with Crippen LogP contribution in [0.15, 0.2) is 65.7 Å². The van der Waals surface area contributed by atoms with Crippen LogP contribution in [0.1, 0.15) is 43.7 Å². The Bertz CT molecular complexity index is 754. The molecular formula is C23H27N2O2. The molecule has 1 heterocycles. The highest BCUT2D eigenvalue weighted by Crippen LogP contribution is 2.31. The van der Waals surface area contributed by atoms with E-state index in [1.54, 1.807) is 0 Å². The number of nitrogens with zero attached hydrogens (tertiary/aromatic N) is 2. The van der Waals surface area contributed by atoms with Crippen LogP contribution in [0.4, 0.5) is 0 Å². The van der Waals surface area contributed by atoms with Crippen LogP contribution in [-0.4, -0.2) is 25.8 Å². The molecule has 0 atom stereocenters. The molecule has 2 aromatic rings. The minimum atomic E-state index is 0.386. The maximum atomic E-state index is 5.48. The largest absolute Gasteiger partial charge is 0.355 e. The third-order valence-corrected chi connectivity index (χ3v) is 4.25. The Balaban J connectivity index is 1.56. The summed E-state index contributed by atoms with van der Waals surface area (Å²) < 4.78 is 10.8.